The lowest BCUT2D eigenvalue weighted by atomic mass is 10.1. The number of para-hydroxylation sites is 1. The number of benzene rings is 2. The van der Waals surface area contributed by atoms with Crippen molar-refractivity contribution in [2.75, 3.05) is 23.7 Å². The van der Waals surface area contributed by atoms with E-state index in [1.807, 2.05) is 18.2 Å². The molecule has 0 aliphatic rings. The Morgan fingerprint density at radius 1 is 0.789 bits per heavy atom. The molecule has 2 nitrogen and oxygen atoms in total. The molecule has 2 aromatic rings. The molecule has 0 radical (unpaired) electrons. The van der Waals surface area contributed by atoms with E-state index in [1.54, 1.807) is 0 Å². The molecule has 0 saturated heterocycles. The topological polar surface area (TPSA) is 24.1 Å². The van der Waals surface area contributed by atoms with E-state index in [-0.39, 0.29) is 0 Å². The summed E-state index contributed by atoms with van der Waals surface area (Å²) < 4.78 is 0. The first-order chi connectivity index (χ1) is 9.16. The molecule has 100 valence electrons. The number of hydrogen-bond acceptors (Lipinski definition) is 2. The Morgan fingerprint density at radius 2 is 1.37 bits per heavy atom. The fraction of sp³-hybridized carbons (Fsp3) is 0.294. The molecule has 0 saturated carbocycles. The zero-order valence-corrected chi connectivity index (χ0v) is 12.0. The predicted molar refractivity (Wildman–Crippen MR) is 84.1 cm³/mol. The van der Waals surface area contributed by atoms with Crippen LogP contribution in [0.25, 0.3) is 0 Å². The van der Waals surface area contributed by atoms with Crippen molar-refractivity contribution in [3.05, 3.63) is 59.2 Å². The van der Waals surface area contributed by atoms with E-state index in [0.717, 1.165) is 13.1 Å². The molecule has 0 aromatic heterocycles. The first-order valence-corrected chi connectivity index (χ1v) is 6.77. The van der Waals surface area contributed by atoms with Crippen molar-refractivity contribution in [2.45, 2.75) is 20.8 Å². The van der Waals surface area contributed by atoms with Crippen LogP contribution in [0.5, 0.6) is 0 Å². The summed E-state index contributed by atoms with van der Waals surface area (Å²) in [5.74, 6) is 0. The summed E-state index contributed by atoms with van der Waals surface area (Å²) in [6, 6.07) is 14.7. The number of hydrogen-bond donors (Lipinski definition) is 2. The van der Waals surface area contributed by atoms with Gasteiger partial charge in [-0.1, -0.05) is 35.9 Å². The normalized spacial score (nSPS) is 10.3. The molecular weight excluding hydrogens is 232 g/mol. The first kappa shape index (κ1) is 13.5. The molecule has 0 heterocycles. The smallest absolute Gasteiger partial charge is 0.0400 e. The van der Waals surface area contributed by atoms with Crippen LogP contribution in [0.1, 0.15) is 16.7 Å². The lowest BCUT2D eigenvalue weighted by Gasteiger charge is -2.14. The third-order valence-corrected chi connectivity index (χ3v) is 3.21. The van der Waals surface area contributed by atoms with E-state index < -0.39 is 0 Å². The van der Waals surface area contributed by atoms with Crippen LogP contribution in [0.3, 0.4) is 0 Å². The summed E-state index contributed by atoms with van der Waals surface area (Å²) >= 11 is 0. The van der Waals surface area contributed by atoms with Crippen molar-refractivity contribution >= 4 is 11.4 Å². The van der Waals surface area contributed by atoms with Crippen LogP contribution in [0, 0.1) is 20.8 Å². The third kappa shape index (κ3) is 3.75. The van der Waals surface area contributed by atoms with E-state index in [0.29, 0.717) is 0 Å². The van der Waals surface area contributed by atoms with Crippen LogP contribution in [0.4, 0.5) is 11.4 Å². The highest BCUT2D eigenvalue weighted by Crippen LogP contribution is 2.21. The zero-order chi connectivity index (χ0) is 13.7. The number of anilines is 2. The van der Waals surface area contributed by atoms with Crippen LogP contribution in [-0.2, 0) is 0 Å². The molecule has 19 heavy (non-hydrogen) atoms. The Labute approximate surface area is 115 Å². The molecule has 2 N–H and O–H groups in total. The summed E-state index contributed by atoms with van der Waals surface area (Å²) in [6.45, 7) is 8.29. The summed E-state index contributed by atoms with van der Waals surface area (Å²) in [7, 11) is 0. The molecule has 0 aliphatic carbocycles. The molecule has 0 fully saturated rings. The van der Waals surface area contributed by atoms with Gasteiger partial charge in [-0.2, -0.15) is 0 Å². The highest BCUT2D eigenvalue weighted by molar-refractivity contribution is 5.58. The van der Waals surface area contributed by atoms with Gasteiger partial charge < -0.3 is 10.6 Å². The standard InChI is InChI=1S/C17H22N2/c1-13-11-14(2)17(15(3)12-13)19-10-9-18-16-7-5-4-6-8-16/h4-8,11-12,18-19H,9-10H2,1-3H3. The SMILES string of the molecule is Cc1cc(C)c(NCCNc2ccccc2)c(C)c1. The maximum Gasteiger partial charge on any atom is 0.0400 e. The molecule has 2 heteroatoms. The van der Waals surface area contributed by atoms with Crippen molar-refractivity contribution < 1.29 is 0 Å². The van der Waals surface area contributed by atoms with Gasteiger partial charge in [0.05, 0.1) is 0 Å². The van der Waals surface area contributed by atoms with Gasteiger partial charge in [-0.15, -0.1) is 0 Å². The second kappa shape index (κ2) is 6.28. The average molecular weight is 254 g/mol. The van der Waals surface area contributed by atoms with Crippen molar-refractivity contribution in [1.82, 2.24) is 0 Å². The third-order valence-electron chi connectivity index (χ3n) is 3.21. The monoisotopic (exact) mass is 254 g/mol. The van der Waals surface area contributed by atoms with E-state index in [2.05, 4.69) is 55.7 Å². The van der Waals surface area contributed by atoms with Gasteiger partial charge >= 0.3 is 0 Å². The van der Waals surface area contributed by atoms with Crippen molar-refractivity contribution in [3.63, 3.8) is 0 Å². The highest BCUT2D eigenvalue weighted by atomic mass is 14.9. The van der Waals surface area contributed by atoms with Crippen LogP contribution < -0.4 is 10.6 Å². The van der Waals surface area contributed by atoms with E-state index >= 15 is 0 Å². The van der Waals surface area contributed by atoms with Gasteiger partial charge in [-0.05, 0) is 44.0 Å². The van der Waals surface area contributed by atoms with Crippen LogP contribution in [0.15, 0.2) is 42.5 Å². The second-order valence-electron chi connectivity index (χ2n) is 4.99. The second-order valence-corrected chi connectivity index (χ2v) is 4.99. The molecule has 2 rings (SSSR count). The van der Waals surface area contributed by atoms with Gasteiger partial charge in [0.1, 0.15) is 0 Å². The first-order valence-electron chi connectivity index (χ1n) is 6.77. The number of nitrogens with one attached hydrogen (secondary N) is 2. The molecule has 0 aliphatic heterocycles. The van der Waals surface area contributed by atoms with Crippen LogP contribution in [-0.4, -0.2) is 13.1 Å². The molecule has 0 spiro atoms. The van der Waals surface area contributed by atoms with Gasteiger partial charge in [-0.25, -0.2) is 0 Å². The van der Waals surface area contributed by atoms with E-state index in [4.69, 9.17) is 0 Å². The van der Waals surface area contributed by atoms with Gasteiger partial charge in [-0.3, -0.25) is 0 Å². The molecule has 0 atom stereocenters. The van der Waals surface area contributed by atoms with E-state index in [9.17, 15) is 0 Å². The van der Waals surface area contributed by atoms with Gasteiger partial charge in [0.2, 0.25) is 0 Å². The Hall–Kier alpha value is -1.96. The summed E-state index contributed by atoms with van der Waals surface area (Å²) in [5, 5.41) is 6.92. The van der Waals surface area contributed by atoms with E-state index in [1.165, 1.54) is 28.1 Å². The molecule has 2 aromatic carbocycles. The lowest BCUT2D eigenvalue weighted by molar-refractivity contribution is 1.07. The average Bonchev–Trinajstić information content (AvgIpc) is 2.38. The van der Waals surface area contributed by atoms with Crippen LogP contribution in [0.2, 0.25) is 0 Å². The van der Waals surface area contributed by atoms with Gasteiger partial charge in [0.25, 0.3) is 0 Å². The molecule has 0 amide bonds. The minimum absolute atomic E-state index is 0.913. The predicted octanol–water partition coefficient (Wildman–Crippen LogP) is 4.14. The van der Waals surface area contributed by atoms with Crippen molar-refractivity contribution in [2.24, 2.45) is 0 Å². The number of rotatable bonds is 5. The zero-order valence-electron chi connectivity index (χ0n) is 12.0. The molecule has 0 bridgehead atoms. The number of aryl methyl sites for hydroxylation is 3. The van der Waals surface area contributed by atoms with Crippen LogP contribution >= 0.6 is 0 Å². The Balaban J connectivity index is 1.86. The minimum Gasteiger partial charge on any atom is -0.383 e. The maximum absolute atomic E-state index is 3.52. The summed E-state index contributed by atoms with van der Waals surface area (Å²) in [4.78, 5) is 0. The quantitative estimate of drug-likeness (QED) is 0.784. The summed E-state index contributed by atoms with van der Waals surface area (Å²) in [5.41, 5.74) is 6.39. The largest absolute Gasteiger partial charge is 0.383 e. The van der Waals surface area contributed by atoms with Crippen molar-refractivity contribution in [3.8, 4) is 0 Å². The van der Waals surface area contributed by atoms with Gasteiger partial charge in [0, 0.05) is 24.5 Å². The summed E-state index contributed by atoms with van der Waals surface area (Å²) in [6.07, 6.45) is 0. The lowest BCUT2D eigenvalue weighted by Crippen LogP contribution is -2.14. The van der Waals surface area contributed by atoms with Crippen molar-refractivity contribution in [1.29, 1.82) is 0 Å². The Morgan fingerprint density at radius 3 is 2.00 bits per heavy atom. The highest BCUT2D eigenvalue weighted by Gasteiger charge is 2.02. The Bertz CT molecular complexity index is 509. The minimum atomic E-state index is 0.913. The molecular formula is C17H22N2. The fourth-order valence-electron chi connectivity index (χ4n) is 2.41. The fourth-order valence-corrected chi connectivity index (χ4v) is 2.41. The maximum atomic E-state index is 3.52. The molecule has 0 unspecified atom stereocenters. The van der Waals surface area contributed by atoms with Gasteiger partial charge in [0.15, 0.2) is 0 Å². The Kier molecular flexibility index (Phi) is 4.45.